The second kappa shape index (κ2) is 4.80. The van der Waals surface area contributed by atoms with Crippen LogP contribution in [0.1, 0.15) is 46.8 Å². The molecule has 84 valence electrons. The third kappa shape index (κ3) is 2.06. The van der Waals surface area contributed by atoms with Crippen molar-refractivity contribution in [1.29, 1.82) is 5.26 Å². The predicted octanol–water partition coefficient (Wildman–Crippen LogP) is 2.78. The van der Waals surface area contributed by atoms with Gasteiger partial charge in [-0.15, -0.1) is 0 Å². The number of esters is 1. The Kier molecular flexibility index (Phi) is 3.68. The summed E-state index contributed by atoms with van der Waals surface area (Å²) >= 11 is 0. The van der Waals surface area contributed by atoms with Crippen LogP contribution in [0.15, 0.2) is 12.1 Å². The number of aryl methyl sites for hydroxylation is 1. The molecular weight excluding hydrogens is 202 g/mol. The van der Waals surface area contributed by atoms with Crippen molar-refractivity contribution in [3.05, 3.63) is 34.4 Å². The monoisotopic (exact) mass is 217 g/mol. The fourth-order valence-corrected chi connectivity index (χ4v) is 1.76. The molecule has 0 atom stereocenters. The average Bonchev–Trinajstić information content (AvgIpc) is 2.27. The molecule has 0 aliphatic heterocycles. The van der Waals surface area contributed by atoms with Gasteiger partial charge in [0.25, 0.3) is 0 Å². The highest BCUT2D eigenvalue weighted by Gasteiger charge is 2.19. The number of nitrogens with zero attached hydrogens (tertiary/aromatic N) is 1. The standard InChI is InChI=1S/C13H15NO2/c1-8(2)12-10(13(15)16-4)6-5-9(3)11(12)7-14/h5-6,8H,1-4H3. The van der Waals surface area contributed by atoms with Crippen LogP contribution in [-0.2, 0) is 4.74 Å². The molecule has 3 heteroatoms. The summed E-state index contributed by atoms with van der Waals surface area (Å²) in [4.78, 5) is 11.6. The topological polar surface area (TPSA) is 50.1 Å². The van der Waals surface area contributed by atoms with Gasteiger partial charge in [-0.05, 0) is 30.0 Å². The first-order valence-corrected chi connectivity index (χ1v) is 5.14. The van der Waals surface area contributed by atoms with Gasteiger partial charge in [0.2, 0.25) is 0 Å². The number of rotatable bonds is 2. The maximum atomic E-state index is 11.6. The molecule has 1 rings (SSSR count). The minimum absolute atomic E-state index is 0.114. The lowest BCUT2D eigenvalue weighted by atomic mass is 9.90. The molecule has 0 spiro atoms. The second-order valence-corrected chi connectivity index (χ2v) is 3.98. The molecule has 0 saturated carbocycles. The first kappa shape index (κ1) is 12.3. The highest BCUT2D eigenvalue weighted by Crippen LogP contribution is 2.26. The summed E-state index contributed by atoms with van der Waals surface area (Å²) in [6.45, 7) is 5.79. The number of hydrogen-bond acceptors (Lipinski definition) is 3. The molecular formula is C13H15NO2. The van der Waals surface area contributed by atoms with E-state index in [1.807, 2.05) is 20.8 Å². The Morgan fingerprint density at radius 1 is 1.44 bits per heavy atom. The number of methoxy groups -OCH3 is 1. The Balaban J connectivity index is 3.53. The van der Waals surface area contributed by atoms with E-state index in [4.69, 9.17) is 10.00 Å². The van der Waals surface area contributed by atoms with Crippen LogP contribution in [0.3, 0.4) is 0 Å². The first-order chi connectivity index (χ1) is 7.52. The van der Waals surface area contributed by atoms with Crippen molar-refractivity contribution in [2.24, 2.45) is 0 Å². The average molecular weight is 217 g/mol. The smallest absolute Gasteiger partial charge is 0.338 e. The van der Waals surface area contributed by atoms with Crippen molar-refractivity contribution < 1.29 is 9.53 Å². The molecule has 3 nitrogen and oxygen atoms in total. The van der Waals surface area contributed by atoms with E-state index < -0.39 is 0 Å². The number of nitriles is 1. The van der Waals surface area contributed by atoms with Crippen LogP contribution in [0.5, 0.6) is 0 Å². The SMILES string of the molecule is COC(=O)c1ccc(C)c(C#N)c1C(C)C. The van der Waals surface area contributed by atoms with Crippen LogP contribution in [-0.4, -0.2) is 13.1 Å². The predicted molar refractivity (Wildman–Crippen MR) is 61.3 cm³/mol. The minimum Gasteiger partial charge on any atom is -0.465 e. The summed E-state index contributed by atoms with van der Waals surface area (Å²) in [6, 6.07) is 5.65. The lowest BCUT2D eigenvalue weighted by molar-refractivity contribution is 0.0599. The lowest BCUT2D eigenvalue weighted by Gasteiger charge is -2.14. The van der Waals surface area contributed by atoms with E-state index in [0.29, 0.717) is 11.1 Å². The van der Waals surface area contributed by atoms with Gasteiger partial charge in [-0.2, -0.15) is 5.26 Å². The zero-order valence-electron chi connectivity index (χ0n) is 10.00. The Morgan fingerprint density at radius 3 is 2.50 bits per heavy atom. The van der Waals surface area contributed by atoms with Crippen LogP contribution in [0.4, 0.5) is 0 Å². The largest absolute Gasteiger partial charge is 0.465 e. The molecule has 0 N–H and O–H groups in total. The molecule has 0 saturated heterocycles. The van der Waals surface area contributed by atoms with Gasteiger partial charge in [0.1, 0.15) is 0 Å². The summed E-state index contributed by atoms with van der Waals surface area (Å²) in [7, 11) is 1.35. The number of hydrogen-bond donors (Lipinski definition) is 0. The molecule has 0 aliphatic carbocycles. The first-order valence-electron chi connectivity index (χ1n) is 5.14. The van der Waals surface area contributed by atoms with Crippen LogP contribution in [0.2, 0.25) is 0 Å². The van der Waals surface area contributed by atoms with E-state index in [-0.39, 0.29) is 11.9 Å². The zero-order chi connectivity index (χ0) is 12.3. The number of carbonyl (C=O) groups is 1. The molecule has 1 aromatic carbocycles. The van der Waals surface area contributed by atoms with E-state index >= 15 is 0 Å². The van der Waals surface area contributed by atoms with Gasteiger partial charge in [0.15, 0.2) is 0 Å². The number of carbonyl (C=O) groups excluding carboxylic acids is 1. The third-order valence-electron chi connectivity index (χ3n) is 2.55. The molecule has 0 amide bonds. The molecule has 16 heavy (non-hydrogen) atoms. The highest BCUT2D eigenvalue weighted by atomic mass is 16.5. The van der Waals surface area contributed by atoms with Crippen LogP contribution >= 0.6 is 0 Å². The van der Waals surface area contributed by atoms with Gasteiger partial charge in [-0.1, -0.05) is 19.9 Å². The van der Waals surface area contributed by atoms with Gasteiger partial charge in [0, 0.05) is 0 Å². The molecule has 0 aromatic heterocycles. The van der Waals surface area contributed by atoms with Crippen molar-refractivity contribution in [3.63, 3.8) is 0 Å². The second-order valence-electron chi connectivity index (χ2n) is 3.98. The van der Waals surface area contributed by atoms with Gasteiger partial charge in [-0.3, -0.25) is 0 Å². The lowest BCUT2D eigenvalue weighted by Crippen LogP contribution is -2.09. The van der Waals surface area contributed by atoms with Gasteiger partial charge in [0.05, 0.1) is 24.3 Å². The number of ether oxygens (including phenoxy) is 1. The maximum Gasteiger partial charge on any atom is 0.338 e. The van der Waals surface area contributed by atoms with Gasteiger partial charge >= 0.3 is 5.97 Å². The summed E-state index contributed by atoms with van der Waals surface area (Å²) in [6.07, 6.45) is 0. The zero-order valence-corrected chi connectivity index (χ0v) is 10.00. The highest BCUT2D eigenvalue weighted by molar-refractivity contribution is 5.92. The van der Waals surface area contributed by atoms with Gasteiger partial charge in [-0.25, -0.2) is 4.79 Å². The molecule has 0 bridgehead atoms. The summed E-state index contributed by atoms with van der Waals surface area (Å²) in [5, 5.41) is 9.12. The molecule has 0 radical (unpaired) electrons. The Hall–Kier alpha value is -1.82. The summed E-state index contributed by atoms with van der Waals surface area (Å²) in [5.41, 5.74) is 2.73. The van der Waals surface area contributed by atoms with Crippen LogP contribution < -0.4 is 0 Å². The van der Waals surface area contributed by atoms with E-state index in [1.54, 1.807) is 12.1 Å². The minimum atomic E-state index is -0.389. The van der Waals surface area contributed by atoms with E-state index in [1.165, 1.54) is 7.11 Å². The fourth-order valence-electron chi connectivity index (χ4n) is 1.76. The Bertz CT molecular complexity index is 456. The Labute approximate surface area is 95.7 Å². The van der Waals surface area contributed by atoms with E-state index in [2.05, 4.69) is 6.07 Å². The van der Waals surface area contributed by atoms with E-state index in [0.717, 1.165) is 11.1 Å². The quantitative estimate of drug-likeness (QED) is 0.716. The van der Waals surface area contributed by atoms with Crippen molar-refractivity contribution in [2.75, 3.05) is 7.11 Å². The molecule has 0 aliphatic rings. The van der Waals surface area contributed by atoms with Crippen molar-refractivity contribution in [3.8, 4) is 6.07 Å². The normalized spacial score (nSPS) is 10.0. The summed E-state index contributed by atoms with van der Waals surface area (Å²) < 4.78 is 4.72. The number of benzene rings is 1. The van der Waals surface area contributed by atoms with Crippen molar-refractivity contribution >= 4 is 5.97 Å². The maximum absolute atomic E-state index is 11.6. The molecule has 0 heterocycles. The fraction of sp³-hybridized carbons (Fsp3) is 0.385. The molecule has 0 fully saturated rings. The van der Waals surface area contributed by atoms with E-state index in [9.17, 15) is 4.79 Å². The summed E-state index contributed by atoms with van der Waals surface area (Å²) in [5.74, 6) is -0.274. The Morgan fingerprint density at radius 2 is 2.06 bits per heavy atom. The van der Waals surface area contributed by atoms with Crippen molar-refractivity contribution in [1.82, 2.24) is 0 Å². The molecule has 0 unspecified atom stereocenters. The van der Waals surface area contributed by atoms with Crippen LogP contribution in [0, 0.1) is 18.3 Å². The van der Waals surface area contributed by atoms with Crippen LogP contribution in [0.25, 0.3) is 0 Å². The van der Waals surface area contributed by atoms with Crippen molar-refractivity contribution in [2.45, 2.75) is 26.7 Å². The third-order valence-corrected chi connectivity index (χ3v) is 2.55. The van der Waals surface area contributed by atoms with Gasteiger partial charge < -0.3 is 4.74 Å². The molecule has 1 aromatic rings.